The molecular weight excluding hydrogens is 386 g/mol. The fourth-order valence-electron chi connectivity index (χ4n) is 2.85. The summed E-state index contributed by atoms with van der Waals surface area (Å²) in [6.07, 6.45) is -1.67. The summed E-state index contributed by atoms with van der Waals surface area (Å²) in [6, 6.07) is 4.27. The molecule has 0 atom stereocenters. The Labute approximate surface area is 150 Å². The Kier molecular flexibility index (Phi) is 3.54. The van der Waals surface area contributed by atoms with Crippen LogP contribution in [0.3, 0.4) is 0 Å². The van der Waals surface area contributed by atoms with Gasteiger partial charge in [0.15, 0.2) is 32.0 Å². The number of benzene rings is 1. The van der Waals surface area contributed by atoms with E-state index in [0.717, 1.165) is 10.8 Å². The first-order valence-electron chi connectivity index (χ1n) is 7.57. The van der Waals surface area contributed by atoms with E-state index in [1.807, 2.05) is 0 Å². The average Bonchev–Trinajstić information content (AvgIpc) is 3.06. The van der Waals surface area contributed by atoms with Gasteiger partial charge in [0.1, 0.15) is 11.7 Å². The number of hydrogen-bond donors (Lipinski definition) is 0. The number of alkyl halides is 2. The van der Waals surface area contributed by atoms with Crippen molar-refractivity contribution in [2.75, 3.05) is 6.26 Å². The van der Waals surface area contributed by atoms with E-state index in [0.29, 0.717) is 0 Å². The van der Waals surface area contributed by atoms with Crippen LogP contribution in [0.1, 0.15) is 5.56 Å². The number of hydrogen-bond acceptors (Lipinski definition) is 7. The molecule has 12 heteroatoms. The Balaban J connectivity index is 1.85. The van der Waals surface area contributed by atoms with Crippen LogP contribution in [0.2, 0.25) is 0 Å². The Morgan fingerprint density at radius 1 is 1.26 bits per heavy atom. The predicted molar refractivity (Wildman–Crippen MR) is 87.6 cm³/mol. The van der Waals surface area contributed by atoms with E-state index in [9.17, 15) is 22.0 Å². The largest absolute Gasteiger partial charge is 0.586 e. The minimum atomic E-state index is -3.79. The van der Waals surface area contributed by atoms with Gasteiger partial charge in [0.05, 0.1) is 6.54 Å². The summed E-state index contributed by atoms with van der Waals surface area (Å²) in [6.45, 7) is -0.178. The summed E-state index contributed by atoms with van der Waals surface area (Å²) in [5.41, 5.74) is -0.324. The van der Waals surface area contributed by atoms with E-state index in [4.69, 9.17) is 0 Å². The fourth-order valence-corrected chi connectivity index (χ4v) is 3.67. The molecule has 0 saturated heterocycles. The molecule has 1 aliphatic heterocycles. The molecular formula is C15H12F2N4O5S. The highest BCUT2D eigenvalue weighted by atomic mass is 32.2. The standard InChI is InChI=1S/C15H12F2N4O5S/c1-20-12-10(13(19-20)27(2,23)24)14(22)21(7-18-12)6-8-4-3-5-9-11(8)26-15(16,17)25-9/h3-5,7H,6H2,1-2H3. The average molecular weight is 398 g/mol. The second-order valence-corrected chi connectivity index (χ2v) is 7.92. The number of fused-ring (bicyclic) bond motifs is 2. The van der Waals surface area contributed by atoms with Crippen molar-refractivity contribution in [3.8, 4) is 11.5 Å². The molecule has 0 radical (unpaired) electrons. The molecule has 0 bridgehead atoms. The normalized spacial score (nSPS) is 15.4. The number of halogens is 2. The van der Waals surface area contributed by atoms with Crippen molar-refractivity contribution in [1.29, 1.82) is 0 Å². The topological polar surface area (TPSA) is 105 Å². The molecule has 0 spiro atoms. The second-order valence-electron chi connectivity index (χ2n) is 5.99. The number of aromatic nitrogens is 4. The zero-order chi connectivity index (χ0) is 19.6. The maximum atomic E-state index is 13.3. The van der Waals surface area contributed by atoms with E-state index in [2.05, 4.69) is 19.6 Å². The summed E-state index contributed by atoms with van der Waals surface area (Å²) in [5, 5.41) is 3.29. The lowest BCUT2D eigenvalue weighted by Crippen LogP contribution is -2.26. The van der Waals surface area contributed by atoms with Crippen molar-refractivity contribution >= 4 is 20.9 Å². The van der Waals surface area contributed by atoms with Gasteiger partial charge >= 0.3 is 6.29 Å². The molecule has 1 aliphatic rings. The van der Waals surface area contributed by atoms with E-state index in [1.54, 1.807) is 0 Å². The lowest BCUT2D eigenvalue weighted by Gasteiger charge is -2.09. The van der Waals surface area contributed by atoms with Gasteiger partial charge in [0.25, 0.3) is 5.56 Å². The summed E-state index contributed by atoms with van der Waals surface area (Å²) >= 11 is 0. The number of aryl methyl sites for hydroxylation is 1. The minimum absolute atomic E-state index is 0.0982. The molecule has 0 fully saturated rings. The molecule has 0 amide bonds. The van der Waals surface area contributed by atoms with Gasteiger partial charge in [-0.3, -0.25) is 9.36 Å². The van der Waals surface area contributed by atoms with Crippen LogP contribution in [-0.4, -0.2) is 40.3 Å². The van der Waals surface area contributed by atoms with E-state index in [1.165, 1.54) is 36.3 Å². The highest BCUT2D eigenvalue weighted by Crippen LogP contribution is 2.43. The second kappa shape index (κ2) is 5.49. The number of para-hydroxylation sites is 1. The first-order valence-corrected chi connectivity index (χ1v) is 9.46. The minimum Gasteiger partial charge on any atom is -0.395 e. The summed E-state index contributed by atoms with van der Waals surface area (Å²) in [7, 11) is -2.31. The third kappa shape index (κ3) is 2.81. The van der Waals surface area contributed by atoms with Crippen LogP contribution in [0.15, 0.2) is 34.3 Å². The predicted octanol–water partition coefficient (Wildman–Crippen LogP) is 0.903. The smallest absolute Gasteiger partial charge is 0.395 e. The first-order chi connectivity index (χ1) is 12.6. The fraction of sp³-hybridized carbons (Fsp3) is 0.267. The molecule has 142 valence electrons. The van der Waals surface area contributed by atoms with Gasteiger partial charge in [-0.2, -0.15) is 5.10 Å². The van der Waals surface area contributed by atoms with Crippen molar-refractivity contribution in [3.63, 3.8) is 0 Å². The number of sulfone groups is 1. The van der Waals surface area contributed by atoms with Crippen molar-refractivity contribution in [2.45, 2.75) is 17.9 Å². The van der Waals surface area contributed by atoms with E-state index in [-0.39, 0.29) is 34.6 Å². The Bertz CT molecular complexity index is 1250. The van der Waals surface area contributed by atoms with Gasteiger partial charge in [-0.25, -0.2) is 18.1 Å². The molecule has 3 aromatic rings. The van der Waals surface area contributed by atoms with Gasteiger partial charge in [-0.05, 0) is 6.07 Å². The highest BCUT2D eigenvalue weighted by Gasteiger charge is 2.44. The SMILES string of the molecule is Cn1nc(S(C)(=O)=O)c2c(=O)n(Cc3cccc4c3OC(F)(F)O4)cnc21. The number of nitrogens with zero attached hydrogens (tertiary/aromatic N) is 4. The highest BCUT2D eigenvalue weighted by molar-refractivity contribution is 7.90. The molecule has 27 heavy (non-hydrogen) atoms. The number of rotatable bonds is 3. The molecule has 9 nitrogen and oxygen atoms in total. The third-order valence-electron chi connectivity index (χ3n) is 3.98. The van der Waals surface area contributed by atoms with Crippen molar-refractivity contribution < 1.29 is 26.7 Å². The third-order valence-corrected chi connectivity index (χ3v) is 4.97. The van der Waals surface area contributed by atoms with E-state index < -0.39 is 26.7 Å². The Morgan fingerprint density at radius 3 is 2.70 bits per heavy atom. The Hall–Kier alpha value is -3.02. The van der Waals surface area contributed by atoms with Gasteiger partial charge in [-0.15, -0.1) is 8.78 Å². The van der Waals surface area contributed by atoms with Crippen LogP contribution in [0.5, 0.6) is 11.5 Å². The summed E-state index contributed by atoms with van der Waals surface area (Å²) in [4.78, 5) is 16.9. The molecule has 0 saturated carbocycles. The van der Waals surface area contributed by atoms with Gasteiger partial charge in [0, 0.05) is 18.9 Å². The van der Waals surface area contributed by atoms with Crippen LogP contribution in [0.4, 0.5) is 8.78 Å². The molecule has 0 N–H and O–H groups in total. The molecule has 3 heterocycles. The zero-order valence-corrected chi connectivity index (χ0v) is 14.8. The van der Waals surface area contributed by atoms with Gasteiger partial charge in [-0.1, -0.05) is 12.1 Å². The van der Waals surface area contributed by atoms with Gasteiger partial charge < -0.3 is 9.47 Å². The first kappa shape index (κ1) is 17.4. The molecule has 2 aromatic heterocycles. The lowest BCUT2D eigenvalue weighted by atomic mass is 10.2. The number of ether oxygens (including phenoxy) is 2. The van der Waals surface area contributed by atoms with Crippen LogP contribution in [0.25, 0.3) is 11.0 Å². The van der Waals surface area contributed by atoms with Crippen molar-refractivity contribution in [1.82, 2.24) is 19.3 Å². The molecule has 0 unspecified atom stereocenters. The zero-order valence-electron chi connectivity index (χ0n) is 14.0. The maximum absolute atomic E-state index is 13.3. The van der Waals surface area contributed by atoms with Crippen LogP contribution in [-0.2, 0) is 23.4 Å². The maximum Gasteiger partial charge on any atom is 0.586 e. The van der Waals surface area contributed by atoms with Gasteiger partial charge in [0.2, 0.25) is 0 Å². The van der Waals surface area contributed by atoms with Crippen molar-refractivity contribution in [2.24, 2.45) is 7.05 Å². The lowest BCUT2D eigenvalue weighted by molar-refractivity contribution is -0.286. The molecule has 1 aromatic carbocycles. The quantitative estimate of drug-likeness (QED) is 0.646. The summed E-state index contributed by atoms with van der Waals surface area (Å²) in [5.74, 6) is -0.346. The monoisotopic (exact) mass is 398 g/mol. The van der Waals surface area contributed by atoms with Crippen molar-refractivity contribution in [3.05, 3.63) is 40.4 Å². The van der Waals surface area contributed by atoms with Crippen LogP contribution in [0, 0.1) is 0 Å². The van der Waals surface area contributed by atoms with E-state index >= 15 is 0 Å². The van der Waals surface area contributed by atoms with Crippen LogP contribution >= 0.6 is 0 Å². The molecule has 0 aliphatic carbocycles. The molecule has 4 rings (SSSR count). The summed E-state index contributed by atoms with van der Waals surface area (Å²) < 4.78 is 61.7. The Morgan fingerprint density at radius 2 is 2.00 bits per heavy atom. The van der Waals surface area contributed by atoms with Crippen LogP contribution < -0.4 is 15.0 Å².